The highest BCUT2D eigenvalue weighted by Gasteiger charge is 2.44. The number of carbonyl (C=O) groups excluding carboxylic acids is 1. The second-order valence-corrected chi connectivity index (χ2v) is 6.79. The number of carbonyl (C=O) groups is 1. The summed E-state index contributed by atoms with van der Waals surface area (Å²) in [7, 11) is 0. The van der Waals surface area contributed by atoms with Crippen LogP contribution in [0, 0.1) is 0 Å². The van der Waals surface area contributed by atoms with Crippen molar-refractivity contribution >= 4 is 29.1 Å². The number of nitrogens with zero attached hydrogens (tertiary/aromatic N) is 6. The van der Waals surface area contributed by atoms with Crippen molar-refractivity contribution in [2.45, 2.75) is 37.9 Å². The summed E-state index contributed by atoms with van der Waals surface area (Å²) < 4.78 is 8.48. The smallest absolute Gasteiger partial charge is 0.254 e. The van der Waals surface area contributed by atoms with E-state index < -0.39 is 31.1 Å². The van der Waals surface area contributed by atoms with Crippen LogP contribution in [0.1, 0.15) is 19.6 Å². The summed E-state index contributed by atoms with van der Waals surface area (Å²) in [5, 5.41) is 39.7. The zero-order chi connectivity index (χ0) is 21.3. The van der Waals surface area contributed by atoms with E-state index in [1.54, 1.807) is 6.20 Å². The summed E-state index contributed by atoms with van der Waals surface area (Å²) in [4.78, 5) is 24.0. The van der Waals surface area contributed by atoms with Crippen molar-refractivity contribution in [3.8, 4) is 5.95 Å². The molecular formula is C17H22N8O5. The van der Waals surface area contributed by atoms with Crippen molar-refractivity contribution in [2.75, 3.05) is 23.8 Å². The van der Waals surface area contributed by atoms with Gasteiger partial charge in [-0.2, -0.15) is 15.1 Å². The zero-order valence-electron chi connectivity index (χ0n) is 16.1. The summed E-state index contributed by atoms with van der Waals surface area (Å²) in [6.07, 6.45) is 1.37. The van der Waals surface area contributed by atoms with Gasteiger partial charge < -0.3 is 30.7 Å². The molecule has 1 amide bonds. The van der Waals surface area contributed by atoms with E-state index in [1.807, 2.05) is 6.92 Å². The molecule has 13 nitrogen and oxygen atoms in total. The lowest BCUT2D eigenvalue weighted by Gasteiger charge is -2.17. The molecule has 160 valence electrons. The lowest BCUT2D eigenvalue weighted by Crippen LogP contribution is -2.33. The summed E-state index contributed by atoms with van der Waals surface area (Å²) in [6.45, 7) is 2.21. The number of aliphatic hydroxyl groups excluding tert-OH is 3. The highest BCUT2D eigenvalue weighted by molar-refractivity contribution is 5.83. The Balaban J connectivity index is 1.80. The number of aliphatic hydroxyl groups is 3. The molecule has 0 saturated carbocycles. The van der Waals surface area contributed by atoms with Gasteiger partial charge in [0.15, 0.2) is 23.2 Å². The zero-order valence-corrected chi connectivity index (χ0v) is 16.1. The number of fused-ring (bicyclic) bond motifs is 1. The van der Waals surface area contributed by atoms with E-state index in [9.17, 15) is 20.1 Å². The Labute approximate surface area is 170 Å². The largest absolute Gasteiger partial charge is 0.394 e. The number of hydrogen-bond acceptors (Lipinski definition) is 10. The Morgan fingerprint density at radius 1 is 1.30 bits per heavy atom. The Morgan fingerprint density at radius 2 is 2.13 bits per heavy atom. The summed E-state index contributed by atoms with van der Waals surface area (Å²) in [5.41, 5.74) is 1.26. The minimum Gasteiger partial charge on any atom is -0.394 e. The molecule has 1 fully saturated rings. The molecule has 0 spiro atoms. The van der Waals surface area contributed by atoms with Gasteiger partial charge in [0.2, 0.25) is 6.41 Å². The van der Waals surface area contributed by atoms with Crippen molar-refractivity contribution in [3.05, 3.63) is 18.7 Å². The number of hydrogen-bond donors (Lipinski definition) is 5. The van der Waals surface area contributed by atoms with Gasteiger partial charge in [-0.25, -0.2) is 9.67 Å². The van der Waals surface area contributed by atoms with Gasteiger partial charge in [0, 0.05) is 6.54 Å². The first-order valence-electron chi connectivity index (χ1n) is 9.43. The quantitative estimate of drug-likeness (QED) is 0.286. The number of rotatable bonds is 8. The molecule has 1 aliphatic rings. The second-order valence-electron chi connectivity index (χ2n) is 6.79. The number of anilines is 2. The number of ether oxygens (including phenoxy) is 1. The van der Waals surface area contributed by atoms with Crippen LogP contribution in [0.5, 0.6) is 0 Å². The summed E-state index contributed by atoms with van der Waals surface area (Å²) in [5.74, 6) is 0.663. The van der Waals surface area contributed by atoms with Gasteiger partial charge >= 0.3 is 0 Å². The van der Waals surface area contributed by atoms with E-state index in [0.29, 0.717) is 35.6 Å². The Bertz CT molecular complexity index is 1040. The average molecular weight is 418 g/mol. The minimum atomic E-state index is -1.28. The van der Waals surface area contributed by atoms with Crippen LogP contribution in [0.25, 0.3) is 17.1 Å². The summed E-state index contributed by atoms with van der Waals surface area (Å²) >= 11 is 0. The topological polar surface area (TPSA) is 172 Å². The van der Waals surface area contributed by atoms with E-state index in [-0.39, 0.29) is 5.95 Å². The molecule has 1 aliphatic heterocycles. The molecule has 0 radical (unpaired) electrons. The number of nitrogens with one attached hydrogen (secondary N) is 2. The maximum atomic E-state index is 10.7. The molecule has 30 heavy (non-hydrogen) atoms. The molecule has 0 aliphatic carbocycles. The van der Waals surface area contributed by atoms with Crippen molar-refractivity contribution in [1.82, 2.24) is 29.3 Å². The van der Waals surface area contributed by atoms with Gasteiger partial charge in [-0.15, -0.1) is 0 Å². The molecular weight excluding hydrogens is 396 g/mol. The van der Waals surface area contributed by atoms with E-state index in [1.165, 1.54) is 21.8 Å². The maximum absolute atomic E-state index is 10.7. The van der Waals surface area contributed by atoms with E-state index in [2.05, 4.69) is 30.7 Å². The van der Waals surface area contributed by atoms with Crippen LogP contribution in [0.4, 0.5) is 11.5 Å². The van der Waals surface area contributed by atoms with Crippen molar-refractivity contribution in [2.24, 2.45) is 0 Å². The molecule has 0 unspecified atom stereocenters. The van der Waals surface area contributed by atoms with E-state index in [4.69, 9.17) is 4.74 Å². The van der Waals surface area contributed by atoms with E-state index in [0.717, 1.165) is 6.42 Å². The number of amides is 1. The summed E-state index contributed by atoms with van der Waals surface area (Å²) in [6, 6.07) is 0. The monoisotopic (exact) mass is 418 g/mol. The van der Waals surface area contributed by atoms with Crippen molar-refractivity contribution in [3.63, 3.8) is 0 Å². The van der Waals surface area contributed by atoms with Gasteiger partial charge in [0.25, 0.3) is 5.95 Å². The van der Waals surface area contributed by atoms with E-state index >= 15 is 0 Å². The minimum absolute atomic E-state index is 0.202. The fraction of sp³-hybridized carbons (Fsp3) is 0.471. The molecule has 13 heteroatoms. The SMILES string of the molecule is CCCNc1nc(-n2cc(NC=O)cn2)nc2c1ncn2[C@@H]1O[C@H](CO)[C@@H](O)[C@H]1O. The normalized spacial score (nSPS) is 23.7. The Kier molecular flexibility index (Phi) is 5.59. The van der Waals surface area contributed by atoms with Gasteiger partial charge in [0.1, 0.15) is 18.3 Å². The fourth-order valence-electron chi connectivity index (χ4n) is 3.24. The fourth-order valence-corrected chi connectivity index (χ4v) is 3.24. The highest BCUT2D eigenvalue weighted by atomic mass is 16.6. The Morgan fingerprint density at radius 3 is 2.83 bits per heavy atom. The van der Waals surface area contributed by atoms with Gasteiger partial charge in [0.05, 0.1) is 31.0 Å². The molecule has 0 bridgehead atoms. The van der Waals surface area contributed by atoms with Crippen LogP contribution < -0.4 is 10.6 Å². The lowest BCUT2D eigenvalue weighted by atomic mass is 10.1. The Hall–Kier alpha value is -3.13. The van der Waals surface area contributed by atoms with Gasteiger partial charge in [-0.3, -0.25) is 9.36 Å². The average Bonchev–Trinajstić information content (AvgIpc) is 3.45. The highest BCUT2D eigenvalue weighted by Crippen LogP contribution is 2.32. The second kappa shape index (κ2) is 8.31. The van der Waals surface area contributed by atoms with Crippen molar-refractivity contribution < 1.29 is 24.9 Å². The lowest BCUT2D eigenvalue weighted by molar-refractivity contribution is -0.105. The maximum Gasteiger partial charge on any atom is 0.254 e. The van der Waals surface area contributed by atoms with Crippen molar-refractivity contribution in [1.29, 1.82) is 0 Å². The molecule has 3 aromatic rings. The predicted molar refractivity (Wildman–Crippen MR) is 104 cm³/mol. The molecule has 4 rings (SSSR count). The molecule has 4 atom stereocenters. The third-order valence-electron chi connectivity index (χ3n) is 4.76. The van der Waals surface area contributed by atoms with Gasteiger partial charge in [-0.05, 0) is 6.42 Å². The number of aromatic nitrogens is 6. The first-order valence-corrected chi connectivity index (χ1v) is 9.43. The first-order chi connectivity index (χ1) is 14.6. The standard InChI is InChI=1S/C17H22N8O5/c1-2-3-18-14-11-15(23-17(22-14)25-5-9(4-21-25)20-8-27)24(7-19-11)16-13(29)12(28)10(6-26)30-16/h4-5,7-8,10,12-13,16,26,28-29H,2-3,6H2,1H3,(H,20,27)(H,18,22,23)/t10-,12-,13-,16-/m1/s1. The molecule has 0 aromatic carbocycles. The van der Waals surface area contributed by atoms with Crippen LogP contribution in [-0.2, 0) is 9.53 Å². The van der Waals surface area contributed by atoms with Crippen LogP contribution in [0.3, 0.4) is 0 Å². The molecule has 4 heterocycles. The number of imidazole rings is 1. The van der Waals surface area contributed by atoms with Crippen LogP contribution >= 0.6 is 0 Å². The molecule has 1 saturated heterocycles. The third-order valence-corrected chi connectivity index (χ3v) is 4.76. The molecule has 5 N–H and O–H groups in total. The predicted octanol–water partition coefficient (Wildman–Crippen LogP) is -0.986. The van der Waals surface area contributed by atoms with Gasteiger partial charge in [-0.1, -0.05) is 6.92 Å². The van der Waals surface area contributed by atoms with Crippen LogP contribution in [0.2, 0.25) is 0 Å². The third kappa shape index (κ3) is 3.47. The van der Waals surface area contributed by atoms with Crippen LogP contribution in [0.15, 0.2) is 18.7 Å². The van der Waals surface area contributed by atoms with Crippen LogP contribution in [-0.4, -0.2) is 82.5 Å². The molecule has 3 aromatic heterocycles. The first kappa shape index (κ1) is 20.2.